The van der Waals surface area contributed by atoms with E-state index in [9.17, 15) is 0 Å². The summed E-state index contributed by atoms with van der Waals surface area (Å²) >= 11 is 0. The number of hydrogen-bond donors (Lipinski definition) is 0. The highest BCUT2D eigenvalue weighted by Gasteiger charge is 2.57. The number of fused-ring (bicyclic) bond motifs is 4. The van der Waals surface area contributed by atoms with Crippen molar-refractivity contribution < 1.29 is 0 Å². The molecule has 0 aliphatic heterocycles. The maximum absolute atomic E-state index is 2.69. The summed E-state index contributed by atoms with van der Waals surface area (Å²) in [6.45, 7) is 7.81. The van der Waals surface area contributed by atoms with Crippen molar-refractivity contribution in [3.05, 3.63) is 0 Å². The molecule has 5 fully saturated rings. The van der Waals surface area contributed by atoms with Gasteiger partial charge in [0, 0.05) is 0 Å². The minimum absolute atomic E-state index is 0.643. The Morgan fingerprint density at radius 2 is 1.26 bits per heavy atom. The molecule has 0 N–H and O–H groups in total. The first-order valence-corrected chi connectivity index (χ1v) is 13.1. The van der Waals surface area contributed by atoms with Crippen molar-refractivity contribution in [1.82, 2.24) is 0 Å². The molecule has 9 atom stereocenters. The standard InChI is InChI=1S/C27H46/c1-4-18-9-10-19-11-12-20(16-22(19)15-18)21-13-14-24-23-7-5-6-8-25(23)27(2,3)26(24)17-21/h18-26H,4-17H2,1-3H3. The lowest BCUT2D eigenvalue weighted by atomic mass is 9.58. The highest BCUT2D eigenvalue weighted by Crippen LogP contribution is 2.64. The average molecular weight is 371 g/mol. The third-order valence-corrected chi connectivity index (χ3v) is 11.2. The van der Waals surface area contributed by atoms with E-state index in [4.69, 9.17) is 0 Å². The molecule has 0 aromatic rings. The zero-order chi connectivity index (χ0) is 18.6. The lowest BCUT2D eigenvalue weighted by Gasteiger charge is -2.47. The molecule has 154 valence electrons. The highest BCUT2D eigenvalue weighted by atomic mass is 14.6. The number of rotatable bonds is 2. The van der Waals surface area contributed by atoms with E-state index in [1.54, 1.807) is 70.6 Å². The van der Waals surface area contributed by atoms with Crippen molar-refractivity contribution >= 4 is 0 Å². The molecule has 0 radical (unpaired) electrons. The van der Waals surface area contributed by atoms with Crippen LogP contribution in [0.1, 0.15) is 111 Å². The average Bonchev–Trinajstić information content (AvgIpc) is 2.94. The molecular weight excluding hydrogens is 324 g/mol. The Kier molecular flexibility index (Phi) is 5.17. The van der Waals surface area contributed by atoms with Crippen LogP contribution >= 0.6 is 0 Å². The third-order valence-electron chi connectivity index (χ3n) is 11.2. The molecule has 0 nitrogen and oxygen atoms in total. The van der Waals surface area contributed by atoms with Gasteiger partial charge in [0.2, 0.25) is 0 Å². The smallest absolute Gasteiger partial charge is 0.0292 e. The zero-order valence-corrected chi connectivity index (χ0v) is 18.6. The van der Waals surface area contributed by atoms with Gasteiger partial charge in [-0.1, -0.05) is 46.5 Å². The Morgan fingerprint density at radius 1 is 0.593 bits per heavy atom. The molecule has 5 aliphatic carbocycles. The maximum atomic E-state index is 2.69. The van der Waals surface area contributed by atoms with Crippen molar-refractivity contribution in [1.29, 1.82) is 0 Å². The first-order chi connectivity index (χ1) is 13.1. The van der Waals surface area contributed by atoms with Gasteiger partial charge in [-0.15, -0.1) is 0 Å². The molecular formula is C27H46. The van der Waals surface area contributed by atoms with E-state index in [0.29, 0.717) is 5.41 Å². The molecule has 27 heavy (non-hydrogen) atoms. The molecule has 0 saturated heterocycles. The summed E-state index contributed by atoms with van der Waals surface area (Å²) in [4.78, 5) is 0. The van der Waals surface area contributed by atoms with Crippen LogP contribution in [0.25, 0.3) is 0 Å². The van der Waals surface area contributed by atoms with E-state index in [2.05, 4.69) is 20.8 Å². The predicted molar refractivity (Wildman–Crippen MR) is 116 cm³/mol. The lowest BCUT2D eigenvalue weighted by Crippen LogP contribution is -2.38. The van der Waals surface area contributed by atoms with Crippen LogP contribution in [0.4, 0.5) is 0 Å². The van der Waals surface area contributed by atoms with E-state index in [0.717, 1.165) is 53.3 Å². The Morgan fingerprint density at radius 3 is 2.11 bits per heavy atom. The fourth-order valence-electron chi connectivity index (χ4n) is 9.72. The van der Waals surface area contributed by atoms with Crippen LogP contribution in [0.15, 0.2) is 0 Å². The minimum Gasteiger partial charge on any atom is -0.0651 e. The van der Waals surface area contributed by atoms with Gasteiger partial charge in [-0.3, -0.25) is 0 Å². The topological polar surface area (TPSA) is 0 Å². The van der Waals surface area contributed by atoms with Crippen molar-refractivity contribution in [3.63, 3.8) is 0 Å². The maximum Gasteiger partial charge on any atom is -0.0292 e. The molecule has 9 unspecified atom stereocenters. The highest BCUT2D eigenvalue weighted by molar-refractivity contribution is 5.06. The Hall–Kier alpha value is 0. The summed E-state index contributed by atoms with van der Waals surface area (Å²) < 4.78 is 0. The largest absolute Gasteiger partial charge is 0.0651 e. The van der Waals surface area contributed by atoms with Gasteiger partial charge in [0.05, 0.1) is 0 Å². The quantitative estimate of drug-likeness (QED) is 0.460. The van der Waals surface area contributed by atoms with Gasteiger partial charge < -0.3 is 0 Å². The first-order valence-electron chi connectivity index (χ1n) is 13.1. The SMILES string of the molecule is CCC1CCC2CCC(C3CCC4C5CCCCC5C(C)(C)C4C3)CC2C1. The van der Waals surface area contributed by atoms with E-state index >= 15 is 0 Å². The van der Waals surface area contributed by atoms with Gasteiger partial charge in [-0.2, -0.15) is 0 Å². The zero-order valence-electron chi connectivity index (χ0n) is 18.6. The van der Waals surface area contributed by atoms with Crippen LogP contribution in [0, 0.1) is 58.7 Å². The van der Waals surface area contributed by atoms with Gasteiger partial charge >= 0.3 is 0 Å². The van der Waals surface area contributed by atoms with Crippen molar-refractivity contribution in [2.75, 3.05) is 0 Å². The molecule has 0 aromatic heterocycles. The van der Waals surface area contributed by atoms with E-state index in [1.165, 1.54) is 19.3 Å². The molecule has 5 rings (SSSR count). The van der Waals surface area contributed by atoms with Crippen molar-refractivity contribution in [2.24, 2.45) is 58.7 Å². The second-order valence-electron chi connectivity index (χ2n) is 12.4. The van der Waals surface area contributed by atoms with Gasteiger partial charge in [0.1, 0.15) is 0 Å². The summed E-state index contributed by atoms with van der Waals surface area (Å²) in [5, 5.41) is 0. The van der Waals surface area contributed by atoms with Crippen LogP contribution in [0.2, 0.25) is 0 Å². The van der Waals surface area contributed by atoms with E-state index in [1.807, 2.05) is 0 Å². The van der Waals surface area contributed by atoms with Crippen LogP contribution in [-0.4, -0.2) is 0 Å². The van der Waals surface area contributed by atoms with Gasteiger partial charge in [-0.05, 0) is 123 Å². The fourth-order valence-corrected chi connectivity index (χ4v) is 9.72. The Labute approximate surface area is 169 Å². The molecule has 0 spiro atoms. The summed E-state index contributed by atoms with van der Waals surface area (Å²) in [5.41, 5.74) is 0.643. The second kappa shape index (κ2) is 7.36. The lowest BCUT2D eigenvalue weighted by molar-refractivity contribution is 0.0295. The minimum atomic E-state index is 0.643. The van der Waals surface area contributed by atoms with Crippen LogP contribution < -0.4 is 0 Å². The van der Waals surface area contributed by atoms with Gasteiger partial charge in [-0.25, -0.2) is 0 Å². The van der Waals surface area contributed by atoms with Crippen molar-refractivity contribution in [3.8, 4) is 0 Å². The van der Waals surface area contributed by atoms with Crippen LogP contribution in [0.5, 0.6) is 0 Å². The first kappa shape index (κ1) is 19.0. The summed E-state index contributed by atoms with van der Waals surface area (Å²) in [6, 6.07) is 0. The van der Waals surface area contributed by atoms with Gasteiger partial charge in [0.15, 0.2) is 0 Å². The fraction of sp³-hybridized carbons (Fsp3) is 1.00. The van der Waals surface area contributed by atoms with E-state index in [-0.39, 0.29) is 0 Å². The van der Waals surface area contributed by atoms with E-state index < -0.39 is 0 Å². The normalized spacial score (nSPS) is 51.9. The Balaban J connectivity index is 1.26. The summed E-state index contributed by atoms with van der Waals surface area (Å²) in [6.07, 6.45) is 22.0. The molecule has 0 bridgehead atoms. The summed E-state index contributed by atoms with van der Waals surface area (Å²) in [7, 11) is 0. The van der Waals surface area contributed by atoms with Crippen LogP contribution in [0.3, 0.4) is 0 Å². The predicted octanol–water partition coefficient (Wildman–Crippen LogP) is 8.11. The monoisotopic (exact) mass is 370 g/mol. The molecule has 0 amide bonds. The molecule has 0 heteroatoms. The molecule has 5 aliphatic rings. The third kappa shape index (κ3) is 3.24. The van der Waals surface area contributed by atoms with Crippen LogP contribution in [-0.2, 0) is 0 Å². The molecule has 0 heterocycles. The number of hydrogen-bond acceptors (Lipinski definition) is 0. The van der Waals surface area contributed by atoms with Crippen molar-refractivity contribution in [2.45, 2.75) is 111 Å². The molecule has 5 saturated carbocycles. The second-order valence-corrected chi connectivity index (χ2v) is 12.4. The van der Waals surface area contributed by atoms with Gasteiger partial charge in [0.25, 0.3) is 0 Å². The summed E-state index contributed by atoms with van der Waals surface area (Å²) in [5.74, 6) is 9.84. The molecule has 0 aromatic carbocycles. The Bertz CT molecular complexity index is 518.